The lowest BCUT2D eigenvalue weighted by molar-refractivity contribution is -0.119. The Hall–Kier alpha value is -2.80. The van der Waals surface area contributed by atoms with Gasteiger partial charge in [0.2, 0.25) is 5.91 Å². The van der Waals surface area contributed by atoms with E-state index in [1.54, 1.807) is 23.8 Å². The number of nitrogens with zero attached hydrogens (tertiary/aromatic N) is 2. The first-order valence-electron chi connectivity index (χ1n) is 10.7. The van der Waals surface area contributed by atoms with E-state index in [-0.39, 0.29) is 23.3 Å². The zero-order valence-electron chi connectivity index (χ0n) is 17.7. The fourth-order valence-electron chi connectivity index (χ4n) is 4.01. The number of nitrogens with one attached hydrogen (secondary N) is 1. The molecule has 0 atom stereocenters. The molecule has 162 valence electrons. The molecule has 0 aliphatic heterocycles. The molecule has 2 aromatic carbocycles. The molecule has 0 bridgehead atoms. The van der Waals surface area contributed by atoms with Crippen LogP contribution in [0.3, 0.4) is 0 Å². The molecule has 0 spiro atoms. The summed E-state index contributed by atoms with van der Waals surface area (Å²) < 4.78 is 6.89. The summed E-state index contributed by atoms with van der Waals surface area (Å²) in [4.78, 5) is 30.7. The largest absolute Gasteiger partial charge is 0.497 e. The van der Waals surface area contributed by atoms with Crippen LogP contribution in [-0.2, 0) is 4.79 Å². The zero-order valence-corrected chi connectivity index (χ0v) is 18.5. The van der Waals surface area contributed by atoms with Crippen molar-refractivity contribution in [3.63, 3.8) is 0 Å². The molecule has 31 heavy (non-hydrogen) atoms. The van der Waals surface area contributed by atoms with Crippen LogP contribution >= 0.6 is 11.8 Å². The second-order valence-corrected chi connectivity index (χ2v) is 8.74. The quantitative estimate of drug-likeness (QED) is 0.353. The Balaban J connectivity index is 1.62. The Morgan fingerprint density at radius 1 is 1.13 bits per heavy atom. The molecule has 7 heteroatoms. The summed E-state index contributed by atoms with van der Waals surface area (Å²) in [5.41, 5.74) is 1.12. The van der Waals surface area contributed by atoms with E-state index in [0.29, 0.717) is 27.5 Å². The van der Waals surface area contributed by atoms with Gasteiger partial charge >= 0.3 is 0 Å². The highest BCUT2D eigenvalue weighted by Gasteiger charge is 2.18. The van der Waals surface area contributed by atoms with E-state index in [4.69, 9.17) is 9.72 Å². The molecule has 0 radical (unpaired) electrons. The van der Waals surface area contributed by atoms with Crippen molar-refractivity contribution in [2.75, 3.05) is 12.9 Å². The maximum atomic E-state index is 13.3. The third-order valence-corrected chi connectivity index (χ3v) is 6.55. The van der Waals surface area contributed by atoms with Crippen LogP contribution in [-0.4, -0.2) is 34.4 Å². The lowest BCUT2D eigenvalue weighted by Crippen LogP contribution is -2.35. The van der Waals surface area contributed by atoms with Crippen LogP contribution in [0.15, 0.2) is 58.5 Å². The highest BCUT2D eigenvalue weighted by Crippen LogP contribution is 2.24. The first-order valence-corrected chi connectivity index (χ1v) is 11.7. The zero-order chi connectivity index (χ0) is 21.6. The number of methoxy groups -OCH3 is 1. The molecule has 1 saturated carbocycles. The van der Waals surface area contributed by atoms with E-state index in [1.165, 1.54) is 37.4 Å². The summed E-state index contributed by atoms with van der Waals surface area (Å²) in [7, 11) is 1.59. The molecular formula is C24H27N3O3S. The first kappa shape index (κ1) is 21.4. The van der Waals surface area contributed by atoms with E-state index in [1.807, 2.05) is 36.4 Å². The number of aromatic nitrogens is 2. The van der Waals surface area contributed by atoms with Crippen molar-refractivity contribution in [2.24, 2.45) is 0 Å². The number of amides is 1. The molecule has 1 amide bonds. The normalized spacial score (nSPS) is 14.9. The molecular weight excluding hydrogens is 410 g/mol. The minimum Gasteiger partial charge on any atom is -0.497 e. The van der Waals surface area contributed by atoms with Crippen LogP contribution in [0, 0.1) is 0 Å². The van der Waals surface area contributed by atoms with Gasteiger partial charge in [0, 0.05) is 12.1 Å². The SMILES string of the molecule is COc1cccc(-n2c(SCC(=O)NC3CCCCCC3)nc3ccccc3c2=O)c1. The van der Waals surface area contributed by atoms with Gasteiger partial charge in [-0.1, -0.05) is 55.6 Å². The molecule has 1 aliphatic carbocycles. The molecule has 4 rings (SSSR count). The van der Waals surface area contributed by atoms with Gasteiger partial charge in [-0.05, 0) is 37.1 Å². The van der Waals surface area contributed by atoms with Crippen LogP contribution in [0.4, 0.5) is 0 Å². The minimum atomic E-state index is -0.162. The van der Waals surface area contributed by atoms with Crippen molar-refractivity contribution in [1.29, 1.82) is 0 Å². The Morgan fingerprint density at radius 3 is 2.68 bits per heavy atom. The topological polar surface area (TPSA) is 73.2 Å². The van der Waals surface area contributed by atoms with Crippen LogP contribution in [0.25, 0.3) is 16.6 Å². The standard InChI is InChI=1S/C24H27N3O3S/c1-30-19-12-8-11-18(15-19)27-23(29)20-13-6-7-14-21(20)26-24(27)31-16-22(28)25-17-9-4-2-3-5-10-17/h6-8,11-15,17H,2-5,9-10,16H2,1H3,(H,25,28). The number of carbonyl (C=O) groups excluding carboxylic acids is 1. The number of rotatable bonds is 6. The van der Waals surface area contributed by atoms with Crippen LogP contribution < -0.4 is 15.6 Å². The maximum Gasteiger partial charge on any atom is 0.266 e. The number of thioether (sulfide) groups is 1. The summed E-state index contributed by atoms with van der Waals surface area (Å²) in [5, 5.41) is 4.20. The van der Waals surface area contributed by atoms with Crippen LogP contribution in [0.1, 0.15) is 38.5 Å². The molecule has 1 aromatic heterocycles. The van der Waals surface area contributed by atoms with E-state index in [2.05, 4.69) is 5.32 Å². The molecule has 3 aromatic rings. The summed E-state index contributed by atoms with van der Waals surface area (Å²) >= 11 is 1.29. The summed E-state index contributed by atoms with van der Waals surface area (Å²) in [6.45, 7) is 0. The van der Waals surface area contributed by atoms with E-state index < -0.39 is 0 Å². The number of hydrogen-bond donors (Lipinski definition) is 1. The third-order valence-electron chi connectivity index (χ3n) is 5.61. The molecule has 0 unspecified atom stereocenters. The van der Waals surface area contributed by atoms with Crippen molar-refractivity contribution >= 4 is 28.6 Å². The van der Waals surface area contributed by atoms with Gasteiger partial charge in [-0.25, -0.2) is 4.98 Å². The second kappa shape index (κ2) is 10.0. The summed E-state index contributed by atoms with van der Waals surface area (Å²) in [5.74, 6) is 0.849. The smallest absolute Gasteiger partial charge is 0.266 e. The van der Waals surface area contributed by atoms with Gasteiger partial charge in [0.1, 0.15) is 5.75 Å². The number of para-hydroxylation sites is 1. The molecule has 1 heterocycles. The molecule has 0 saturated heterocycles. The van der Waals surface area contributed by atoms with Crippen LogP contribution in [0.2, 0.25) is 0 Å². The molecule has 1 fully saturated rings. The molecule has 1 N–H and O–H groups in total. The highest BCUT2D eigenvalue weighted by molar-refractivity contribution is 7.99. The van der Waals surface area contributed by atoms with Crippen molar-refractivity contribution < 1.29 is 9.53 Å². The van der Waals surface area contributed by atoms with Crippen molar-refractivity contribution in [3.8, 4) is 11.4 Å². The molecule has 1 aliphatic rings. The van der Waals surface area contributed by atoms with Crippen molar-refractivity contribution in [3.05, 3.63) is 58.9 Å². The lowest BCUT2D eigenvalue weighted by atomic mass is 10.1. The monoisotopic (exact) mass is 437 g/mol. The summed E-state index contributed by atoms with van der Waals surface area (Å²) in [6, 6.07) is 14.8. The minimum absolute atomic E-state index is 0.0171. The van der Waals surface area contributed by atoms with Gasteiger partial charge in [0.05, 0.1) is 29.5 Å². The van der Waals surface area contributed by atoms with Gasteiger partial charge in [-0.15, -0.1) is 0 Å². The Morgan fingerprint density at radius 2 is 1.90 bits per heavy atom. The fourth-order valence-corrected chi connectivity index (χ4v) is 4.83. The number of carbonyl (C=O) groups is 1. The predicted octanol–water partition coefficient (Wildman–Crippen LogP) is 4.33. The maximum absolute atomic E-state index is 13.3. The first-order chi connectivity index (χ1) is 15.2. The van der Waals surface area contributed by atoms with Gasteiger partial charge in [-0.3, -0.25) is 14.2 Å². The molecule has 6 nitrogen and oxygen atoms in total. The van der Waals surface area contributed by atoms with Crippen molar-refractivity contribution in [1.82, 2.24) is 14.9 Å². The Labute approximate surface area is 186 Å². The van der Waals surface area contributed by atoms with Gasteiger partial charge in [-0.2, -0.15) is 0 Å². The number of ether oxygens (including phenoxy) is 1. The summed E-state index contributed by atoms with van der Waals surface area (Å²) in [6.07, 6.45) is 6.90. The third kappa shape index (κ3) is 5.10. The Kier molecular flexibility index (Phi) is 6.92. The number of fused-ring (bicyclic) bond motifs is 1. The number of benzene rings is 2. The average Bonchev–Trinajstić information content (AvgIpc) is 3.06. The van der Waals surface area contributed by atoms with E-state index >= 15 is 0 Å². The van der Waals surface area contributed by atoms with E-state index in [0.717, 1.165) is 12.8 Å². The average molecular weight is 438 g/mol. The number of hydrogen-bond acceptors (Lipinski definition) is 5. The van der Waals surface area contributed by atoms with Gasteiger partial charge < -0.3 is 10.1 Å². The lowest BCUT2D eigenvalue weighted by Gasteiger charge is -2.17. The van der Waals surface area contributed by atoms with Gasteiger partial charge in [0.25, 0.3) is 5.56 Å². The highest BCUT2D eigenvalue weighted by atomic mass is 32.2. The predicted molar refractivity (Wildman–Crippen MR) is 124 cm³/mol. The Bertz CT molecular complexity index is 1120. The fraction of sp³-hybridized carbons (Fsp3) is 0.375. The van der Waals surface area contributed by atoms with Crippen molar-refractivity contribution in [2.45, 2.75) is 49.7 Å². The second-order valence-electron chi connectivity index (χ2n) is 7.80. The van der Waals surface area contributed by atoms with Crippen LogP contribution in [0.5, 0.6) is 5.75 Å². The van der Waals surface area contributed by atoms with E-state index in [9.17, 15) is 9.59 Å². The van der Waals surface area contributed by atoms with Gasteiger partial charge in [0.15, 0.2) is 5.16 Å².